The second kappa shape index (κ2) is 9.17. The van der Waals surface area contributed by atoms with E-state index in [1.165, 1.54) is 6.42 Å². The normalized spacial score (nSPS) is 18.6. The molecule has 8 nitrogen and oxygen atoms in total. The van der Waals surface area contributed by atoms with Crippen LogP contribution < -0.4 is 15.0 Å². The summed E-state index contributed by atoms with van der Waals surface area (Å²) in [5, 5.41) is 3.66. The molecule has 0 unspecified atom stereocenters. The number of aromatic nitrogens is 4. The number of hydrogen-bond acceptors (Lipinski definition) is 6. The molecule has 1 fully saturated rings. The molecular formula is C24H29ClN6O2. The van der Waals surface area contributed by atoms with Gasteiger partial charge in [-0.3, -0.25) is 4.79 Å². The topological polar surface area (TPSA) is 85.2 Å². The fraction of sp³-hybridized carbons (Fsp3) is 0.500. The first-order valence-electron chi connectivity index (χ1n) is 11.6. The number of fused-ring (bicyclic) bond motifs is 3. The molecule has 174 valence electrons. The van der Waals surface area contributed by atoms with Gasteiger partial charge < -0.3 is 19.5 Å². The van der Waals surface area contributed by atoms with Crippen molar-refractivity contribution in [2.45, 2.75) is 52.0 Å². The van der Waals surface area contributed by atoms with Crippen LogP contribution in [0.4, 0.5) is 11.5 Å². The molecule has 33 heavy (non-hydrogen) atoms. The lowest BCUT2D eigenvalue weighted by Crippen LogP contribution is -2.41. The Bertz CT molecular complexity index is 1190. The third kappa shape index (κ3) is 4.24. The highest BCUT2D eigenvalue weighted by atomic mass is 35.5. The molecule has 2 aliphatic rings. The summed E-state index contributed by atoms with van der Waals surface area (Å²) in [6, 6.07) is 3.59. The first kappa shape index (κ1) is 21.9. The van der Waals surface area contributed by atoms with Gasteiger partial charge in [-0.2, -0.15) is 0 Å². The van der Waals surface area contributed by atoms with Gasteiger partial charge in [0.05, 0.1) is 18.7 Å². The summed E-state index contributed by atoms with van der Waals surface area (Å²) >= 11 is 6.21. The first-order valence-corrected chi connectivity index (χ1v) is 12.0. The number of anilines is 2. The van der Waals surface area contributed by atoms with Gasteiger partial charge in [-0.25, -0.2) is 15.0 Å². The Labute approximate surface area is 198 Å². The number of carbonyl (C=O) groups is 1. The first-order chi connectivity index (χ1) is 16.0. The number of halogens is 1. The minimum atomic E-state index is -0.162. The molecule has 9 heteroatoms. The fourth-order valence-electron chi connectivity index (χ4n) is 4.90. The summed E-state index contributed by atoms with van der Waals surface area (Å²) in [5.41, 5.74) is 3.29. The maximum Gasteiger partial charge on any atom is 0.229 e. The molecule has 4 heterocycles. The van der Waals surface area contributed by atoms with E-state index in [2.05, 4.69) is 24.8 Å². The molecular weight excluding hydrogens is 440 g/mol. The minimum absolute atomic E-state index is 0.0226. The van der Waals surface area contributed by atoms with E-state index in [4.69, 9.17) is 21.3 Å². The Morgan fingerprint density at radius 3 is 2.91 bits per heavy atom. The Morgan fingerprint density at radius 2 is 2.06 bits per heavy atom. The number of rotatable bonds is 4. The van der Waals surface area contributed by atoms with Gasteiger partial charge >= 0.3 is 0 Å². The van der Waals surface area contributed by atoms with E-state index < -0.39 is 0 Å². The molecule has 1 atom stereocenters. The zero-order valence-electron chi connectivity index (χ0n) is 19.1. The van der Waals surface area contributed by atoms with Crippen LogP contribution >= 0.6 is 11.6 Å². The zero-order valence-corrected chi connectivity index (χ0v) is 19.9. The molecule has 1 amide bonds. The van der Waals surface area contributed by atoms with Crippen molar-refractivity contribution in [3.8, 4) is 5.75 Å². The Kier molecular flexibility index (Phi) is 6.10. The third-order valence-corrected chi connectivity index (χ3v) is 7.11. The maximum absolute atomic E-state index is 13.2. The maximum atomic E-state index is 13.2. The summed E-state index contributed by atoms with van der Waals surface area (Å²) in [7, 11) is 1.58. The molecule has 1 N–H and O–H groups in total. The van der Waals surface area contributed by atoms with Crippen LogP contribution in [0.25, 0.3) is 11.2 Å². The van der Waals surface area contributed by atoms with Crippen LogP contribution in [0.3, 0.4) is 0 Å². The SMILES string of the molecule is COc1cc(Cl)c(C)cc1NC(=O)[C@H]1CCCN(c2ncnc3c2nc2n3CCCCC2)C1. The van der Waals surface area contributed by atoms with E-state index in [1.807, 2.05) is 13.0 Å². The van der Waals surface area contributed by atoms with E-state index in [-0.39, 0.29) is 11.8 Å². The molecule has 2 aliphatic heterocycles. The van der Waals surface area contributed by atoms with Crippen molar-refractivity contribution in [3.63, 3.8) is 0 Å². The lowest BCUT2D eigenvalue weighted by atomic mass is 9.97. The average Bonchev–Trinajstić information content (AvgIpc) is 3.02. The van der Waals surface area contributed by atoms with Crippen molar-refractivity contribution in [2.75, 3.05) is 30.4 Å². The van der Waals surface area contributed by atoms with Crippen molar-refractivity contribution < 1.29 is 9.53 Å². The van der Waals surface area contributed by atoms with E-state index in [0.717, 1.165) is 73.6 Å². The number of amides is 1. The van der Waals surface area contributed by atoms with Gasteiger partial charge in [0.2, 0.25) is 5.91 Å². The predicted octanol–water partition coefficient (Wildman–Crippen LogP) is 4.38. The molecule has 0 aliphatic carbocycles. The molecule has 0 radical (unpaired) electrons. The van der Waals surface area contributed by atoms with Crippen LogP contribution in [0.2, 0.25) is 5.02 Å². The van der Waals surface area contributed by atoms with E-state index >= 15 is 0 Å². The second-order valence-corrected chi connectivity index (χ2v) is 9.34. The number of nitrogens with one attached hydrogen (secondary N) is 1. The monoisotopic (exact) mass is 468 g/mol. The van der Waals surface area contributed by atoms with Crippen molar-refractivity contribution >= 4 is 40.2 Å². The third-order valence-electron chi connectivity index (χ3n) is 6.70. The standard InChI is InChI=1S/C24H29ClN6O2/c1-15-11-18(19(33-2)12-17(15)25)28-24(32)16-7-6-9-30(13-16)22-21-23(27-14-26-22)31-10-5-3-4-8-20(31)29-21/h11-12,14,16H,3-10,13H2,1-2H3,(H,28,32)/t16-/m0/s1. The van der Waals surface area contributed by atoms with Crippen LogP contribution in [0.1, 0.15) is 43.5 Å². The van der Waals surface area contributed by atoms with E-state index in [9.17, 15) is 4.79 Å². The van der Waals surface area contributed by atoms with Gasteiger partial charge in [-0.1, -0.05) is 18.0 Å². The summed E-state index contributed by atoms with van der Waals surface area (Å²) in [5.74, 6) is 2.30. The fourth-order valence-corrected chi connectivity index (χ4v) is 5.06. The Balaban J connectivity index is 1.38. The Morgan fingerprint density at radius 1 is 1.18 bits per heavy atom. The quantitative estimate of drug-likeness (QED) is 0.611. The Hall–Kier alpha value is -2.87. The molecule has 2 aromatic heterocycles. The number of ether oxygens (including phenoxy) is 1. The van der Waals surface area contributed by atoms with Crippen molar-refractivity contribution in [3.05, 3.63) is 34.9 Å². The minimum Gasteiger partial charge on any atom is -0.495 e. The molecule has 0 bridgehead atoms. The molecule has 3 aromatic rings. The van der Waals surface area contributed by atoms with Gasteiger partial charge in [0.1, 0.15) is 17.9 Å². The number of hydrogen-bond donors (Lipinski definition) is 1. The molecule has 1 aromatic carbocycles. The van der Waals surface area contributed by atoms with Crippen LogP contribution in [0.5, 0.6) is 5.75 Å². The number of benzene rings is 1. The van der Waals surface area contributed by atoms with Gasteiger partial charge in [-0.05, 0) is 44.2 Å². The van der Waals surface area contributed by atoms with Crippen molar-refractivity contribution in [1.29, 1.82) is 0 Å². The lowest BCUT2D eigenvalue weighted by Gasteiger charge is -2.33. The summed E-state index contributed by atoms with van der Waals surface area (Å²) in [6.45, 7) is 4.30. The highest BCUT2D eigenvalue weighted by Gasteiger charge is 2.29. The second-order valence-electron chi connectivity index (χ2n) is 8.94. The molecule has 5 rings (SSSR count). The lowest BCUT2D eigenvalue weighted by molar-refractivity contribution is -0.120. The number of piperidine rings is 1. The summed E-state index contributed by atoms with van der Waals surface area (Å²) in [6.07, 6.45) is 7.87. The predicted molar refractivity (Wildman–Crippen MR) is 129 cm³/mol. The van der Waals surface area contributed by atoms with Gasteiger partial charge in [-0.15, -0.1) is 0 Å². The van der Waals surface area contributed by atoms with Gasteiger partial charge in [0.15, 0.2) is 17.0 Å². The van der Waals surface area contributed by atoms with Crippen molar-refractivity contribution in [1.82, 2.24) is 19.5 Å². The summed E-state index contributed by atoms with van der Waals surface area (Å²) in [4.78, 5) is 29.5. The largest absolute Gasteiger partial charge is 0.495 e. The van der Waals surface area contributed by atoms with Gasteiger partial charge in [0, 0.05) is 37.1 Å². The molecule has 1 saturated heterocycles. The highest BCUT2D eigenvalue weighted by molar-refractivity contribution is 6.31. The molecule has 0 spiro atoms. The summed E-state index contributed by atoms with van der Waals surface area (Å²) < 4.78 is 7.67. The number of imidazole rings is 1. The zero-order chi connectivity index (χ0) is 22.9. The van der Waals surface area contributed by atoms with Crippen molar-refractivity contribution in [2.24, 2.45) is 5.92 Å². The van der Waals surface area contributed by atoms with Crippen LogP contribution in [0, 0.1) is 12.8 Å². The van der Waals surface area contributed by atoms with E-state index in [0.29, 0.717) is 23.0 Å². The number of carbonyl (C=O) groups excluding carboxylic acids is 1. The average molecular weight is 469 g/mol. The van der Waals surface area contributed by atoms with Crippen LogP contribution in [0.15, 0.2) is 18.5 Å². The highest BCUT2D eigenvalue weighted by Crippen LogP contribution is 2.33. The van der Waals surface area contributed by atoms with E-state index in [1.54, 1.807) is 19.5 Å². The number of methoxy groups -OCH3 is 1. The number of aryl methyl sites for hydroxylation is 3. The van der Waals surface area contributed by atoms with Crippen LogP contribution in [-0.2, 0) is 17.8 Å². The number of nitrogens with zero attached hydrogens (tertiary/aromatic N) is 5. The van der Waals surface area contributed by atoms with Gasteiger partial charge in [0.25, 0.3) is 0 Å². The molecule has 0 saturated carbocycles. The smallest absolute Gasteiger partial charge is 0.229 e. The van der Waals surface area contributed by atoms with Crippen LogP contribution in [-0.4, -0.2) is 45.6 Å².